The van der Waals surface area contributed by atoms with E-state index in [4.69, 9.17) is 20.9 Å². The predicted octanol–water partition coefficient (Wildman–Crippen LogP) is 4.88. The Hall–Kier alpha value is -2.83. The van der Waals surface area contributed by atoms with Gasteiger partial charge in [-0.3, -0.25) is 9.69 Å². The van der Waals surface area contributed by atoms with E-state index >= 15 is 0 Å². The fourth-order valence-corrected chi connectivity index (χ4v) is 4.41. The minimum atomic E-state index is -0.229. The van der Waals surface area contributed by atoms with Crippen LogP contribution in [0.5, 0.6) is 5.75 Å². The molecule has 4 rings (SSSR count). The third-order valence-electron chi connectivity index (χ3n) is 5.75. The zero-order valence-electron chi connectivity index (χ0n) is 17.7. The molecule has 162 valence electrons. The third kappa shape index (κ3) is 4.45. The molecular weight excluding hydrogens is 414 g/mol. The molecule has 1 saturated heterocycles. The molecule has 0 radical (unpaired) electrons. The number of hydrogen-bond acceptors (Lipinski definition) is 5. The number of carbonyl (C=O) groups is 1. The van der Waals surface area contributed by atoms with Gasteiger partial charge in [0.25, 0.3) is 5.91 Å². The summed E-state index contributed by atoms with van der Waals surface area (Å²) in [5, 5.41) is 7.73. The smallest absolute Gasteiger partial charge is 0.257 e. The lowest BCUT2D eigenvalue weighted by Gasteiger charge is -2.29. The molecule has 1 amide bonds. The second-order valence-corrected chi connectivity index (χ2v) is 8.06. The van der Waals surface area contributed by atoms with E-state index in [2.05, 4.69) is 21.4 Å². The first-order valence-electron chi connectivity index (χ1n) is 10.5. The Morgan fingerprint density at radius 3 is 2.65 bits per heavy atom. The molecule has 2 heterocycles. The molecule has 1 atom stereocenters. The lowest BCUT2D eigenvalue weighted by atomic mass is 10.0. The maximum atomic E-state index is 13.2. The average Bonchev–Trinajstić information content (AvgIpc) is 3.44. The summed E-state index contributed by atoms with van der Waals surface area (Å²) in [6.45, 7) is 4.18. The minimum Gasteiger partial charge on any atom is -0.496 e. The second-order valence-electron chi connectivity index (χ2n) is 7.65. The van der Waals surface area contributed by atoms with Gasteiger partial charge in [0.2, 0.25) is 0 Å². The van der Waals surface area contributed by atoms with Gasteiger partial charge in [0.1, 0.15) is 22.8 Å². The summed E-state index contributed by atoms with van der Waals surface area (Å²) in [6.07, 6.45) is 2.31. The van der Waals surface area contributed by atoms with Crippen molar-refractivity contribution < 1.29 is 14.1 Å². The molecule has 1 aromatic heterocycles. The molecule has 1 aliphatic heterocycles. The highest BCUT2D eigenvalue weighted by molar-refractivity contribution is 6.33. The maximum Gasteiger partial charge on any atom is 0.257 e. The van der Waals surface area contributed by atoms with Crippen LogP contribution >= 0.6 is 11.6 Å². The summed E-state index contributed by atoms with van der Waals surface area (Å²) in [5.74, 6) is 1.06. The second kappa shape index (κ2) is 9.54. The first-order chi connectivity index (χ1) is 15.1. The fourth-order valence-electron chi connectivity index (χ4n) is 4.19. The molecule has 3 aromatic rings. The number of aryl methyl sites for hydroxylation is 1. The number of aromatic nitrogens is 1. The van der Waals surface area contributed by atoms with Crippen LogP contribution in [0.4, 0.5) is 0 Å². The SMILES string of the molecule is COc1ccccc1C(CNC(=O)c1c(-c2ccccc2Cl)noc1C)N1CCCC1. The quantitative estimate of drug-likeness (QED) is 0.568. The number of nitrogens with zero attached hydrogens (tertiary/aromatic N) is 2. The molecule has 1 unspecified atom stereocenters. The molecule has 6 nitrogen and oxygen atoms in total. The van der Waals surface area contributed by atoms with E-state index < -0.39 is 0 Å². The van der Waals surface area contributed by atoms with E-state index in [-0.39, 0.29) is 11.9 Å². The number of carbonyl (C=O) groups excluding carboxylic acids is 1. The van der Waals surface area contributed by atoms with Gasteiger partial charge in [0, 0.05) is 17.7 Å². The maximum absolute atomic E-state index is 13.2. The largest absolute Gasteiger partial charge is 0.496 e. The molecule has 0 aliphatic carbocycles. The standard InChI is InChI=1S/C24H26ClN3O3/c1-16-22(23(27-31-16)17-9-3-5-11-19(17)25)24(29)26-15-20(28-13-7-8-14-28)18-10-4-6-12-21(18)30-2/h3-6,9-12,20H,7-8,13-15H2,1-2H3,(H,26,29). The van der Waals surface area contributed by atoms with E-state index in [1.807, 2.05) is 36.4 Å². The Bertz CT molecular complexity index is 1060. The van der Waals surface area contributed by atoms with Crippen molar-refractivity contribution in [3.8, 4) is 17.0 Å². The summed E-state index contributed by atoms with van der Waals surface area (Å²) >= 11 is 6.34. The number of nitrogens with one attached hydrogen (secondary N) is 1. The van der Waals surface area contributed by atoms with Crippen LogP contribution in [-0.2, 0) is 0 Å². The first-order valence-corrected chi connectivity index (χ1v) is 10.8. The number of likely N-dealkylation sites (tertiary alicyclic amines) is 1. The molecule has 0 bridgehead atoms. The molecule has 1 N–H and O–H groups in total. The summed E-state index contributed by atoms with van der Waals surface area (Å²) < 4.78 is 10.9. The predicted molar refractivity (Wildman–Crippen MR) is 121 cm³/mol. The van der Waals surface area contributed by atoms with Gasteiger partial charge in [-0.25, -0.2) is 0 Å². The summed E-state index contributed by atoms with van der Waals surface area (Å²) in [4.78, 5) is 15.6. The Morgan fingerprint density at radius 1 is 1.19 bits per heavy atom. The highest BCUT2D eigenvalue weighted by Crippen LogP contribution is 2.33. The van der Waals surface area contributed by atoms with Crippen LogP contribution in [-0.4, -0.2) is 42.7 Å². The molecule has 0 spiro atoms. The van der Waals surface area contributed by atoms with Gasteiger partial charge < -0.3 is 14.6 Å². The van der Waals surface area contributed by atoms with Crippen LogP contribution in [0.1, 0.15) is 40.6 Å². The van der Waals surface area contributed by atoms with Crippen molar-refractivity contribution in [1.82, 2.24) is 15.4 Å². The molecule has 31 heavy (non-hydrogen) atoms. The zero-order chi connectivity index (χ0) is 21.8. The monoisotopic (exact) mass is 439 g/mol. The van der Waals surface area contributed by atoms with Crippen LogP contribution in [0.2, 0.25) is 5.02 Å². The lowest BCUT2D eigenvalue weighted by Crippen LogP contribution is -2.37. The number of para-hydroxylation sites is 1. The van der Waals surface area contributed by atoms with Gasteiger partial charge in [-0.05, 0) is 45.0 Å². The van der Waals surface area contributed by atoms with Crippen molar-refractivity contribution in [2.24, 2.45) is 0 Å². The topological polar surface area (TPSA) is 67.6 Å². The van der Waals surface area contributed by atoms with Crippen molar-refractivity contribution in [2.75, 3.05) is 26.7 Å². The third-order valence-corrected chi connectivity index (χ3v) is 6.08. The number of halogens is 1. The van der Waals surface area contributed by atoms with Crippen molar-refractivity contribution in [2.45, 2.75) is 25.8 Å². The van der Waals surface area contributed by atoms with Crippen molar-refractivity contribution in [3.63, 3.8) is 0 Å². The molecule has 1 aliphatic rings. The molecule has 0 saturated carbocycles. The van der Waals surface area contributed by atoms with E-state index in [0.717, 1.165) is 37.2 Å². The number of amides is 1. The Labute approximate surface area is 187 Å². The fraction of sp³-hybridized carbons (Fsp3) is 0.333. The van der Waals surface area contributed by atoms with Gasteiger partial charge in [0.05, 0.1) is 18.2 Å². The van der Waals surface area contributed by atoms with E-state index in [9.17, 15) is 4.79 Å². The zero-order valence-corrected chi connectivity index (χ0v) is 18.5. The van der Waals surface area contributed by atoms with Gasteiger partial charge in [-0.15, -0.1) is 0 Å². The Balaban J connectivity index is 1.59. The van der Waals surface area contributed by atoms with E-state index in [1.165, 1.54) is 0 Å². The van der Waals surface area contributed by atoms with Crippen LogP contribution < -0.4 is 10.1 Å². The minimum absolute atomic E-state index is 0.0199. The van der Waals surface area contributed by atoms with Crippen LogP contribution in [0.25, 0.3) is 11.3 Å². The van der Waals surface area contributed by atoms with Crippen molar-refractivity contribution in [1.29, 1.82) is 0 Å². The summed E-state index contributed by atoms with van der Waals surface area (Å²) in [7, 11) is 1.68. The van der Waals surface area contributed by atoms with Crippen molar-refractivity contribution >= 4 is 17.5 Å². The molecule has 1 fully saturated rings. The number of benzene rings is 2. The van der Waals surface area contributed by atoms with E-state index in [0.29, 0.717) is 34.1 Å². The van der Waals surface area contributed by atoms with Crippen LogP contribution in [0.15, 0.2) is 53.1 Å². The first kappa shape index (κ1) is 21.4. The number of hydrogen-bond donors (Lipinski definition) is 1. The number of rotatable bonds is 7. The molecule has 2 aromatic carbocycles. The average molecular weight is 440 g/mol. The summed E-state index contributed by atoms with van der Waals surface area (Å²) in [5.41, 5.74) is 2.61. The Kier molecular flexibility index (Phi) is 6.59. The highest BCUT2D eigenvalue weighted by atomic mass is 35.5. The highest BCUT2D eigenvalue weighted by Gasteiger charge is 2.28. The normalized spacial score (nSPS) is 15.1. The van der Waals surface area contributed by atoms with Crippen molar-refractivity contribution in [3.05, 3.63) is 70.4 Å². The summed E-state index contributed by atoms with van der Waals surface area (Å²) in [6, 6.07) is 15.3. The van der Waals surface area contributed by atoms with Gasteiger partial charge in [0.15, 0.2) is 0 Å². The molecular formula is C24H26ClN3O3. The van der Waals surface area contributed by atoms with Gasteiger partial charge in [-0.2, -0.15) is 0 Å². The van der Waals surface area contributed by atoms with Crippen LogP contribution in [0, 0.1) is 6.92 Å². The molecule has 7 heteroatoms. The van der Waals surface area contributed by atoms with Gasteiger partial charge in [-0.1, -0.05) is 53.2 Å². The number of ether oxygens (including phenoxy) is 1. The van der Waals surface area contributed by atoms with Gasteiger partial charge >= 0.3 is 0 Å². The lowest BCUT2D eigenvalue weighted by molar-refractivity contribution is 0.0936. The van der Waals surface area contributed by atoms with Crippen LogP contribution in [0.3, 0.4) is 0 Å². The number of methoxy groups -OCH3 is 1. The van der Waals surface area contributed by atoms with E-state index in [1.54, 1.807) is 20.1 Å². The Morgan fingerprint density at radius 2 is 1.90 bits per heavy atom.